The van der Waals surface area contributed by atoms with E-state index in [1.54, 1.807) is 18.5 Å². The quantitative estimate of drug-likeness (QED) is 0.135. The Bertz CT molecular complexity index is 2810. The number of rotatable bonds is 12. The minimum atomic E-state index is -3.83. The fourth-order valence-electron chi connectivity index (χ4n) is 9.41. The number of carbonyl (C=O) groups excluding carboxylic acids is 4. The molecule has 5 aliphatic heterocycles. The van der Waals surface area contributed by atoms with Crippen molar-refractivity contribution in [2.24, 2.45) is 11.8 Å². The van der Waals surface area contributed by atoms with Crippen LogP contribution in [0.4, 0.5) is 9.59 Å². The van der Waals surface area contributed by atoms with E-state index in [0.717, 1.165) is 82.2 Å². The summed E-state index contributed by atoms with van der Waals surface area (Å²) >= 11 is 0. The van der Waals surface area contributed by atoms with Crippen molar-refractivity contribution in [3.63, 3.8) is 0 Å². The van der Waals surface area contributed by atoms with Crippen LogP contribution in [0.5, 0.6) is 0 Å². The number of hydrogen-bond donors (Lipinski definition) is 4. The number of aromatic nitrogens is 2. The maximum Gasteiger partial charge on any atom is 0.328 e. The van der Waals surface area contributed by atoms with E-state index in [1.165, 1.54) is 69.4 Å². The van der Waals surface area contributed by atoms with Crippen LogP contribution in [0.2, 0.25) is 0 Å². The van der Waals surface area contributed by atoms with Gasteiger partial charge in [0.2, 0.25) is 0 Å². The van der Waals surface area contributed by atoms with Gasteiger partial charge in [-0.3, -0.25) is 38.9 Å². The van der Waals surface area contributed by atoms with Gasteiger partial charge >= 0.3 is 12.1 Å². The number of nitrogens with zero attached hydrogens (tertiary/aromatic N) is 6. The first-order chi connectivity index (χ1) is 32.7. The summed E-state index contributed by atoms with van der Waals surface area (Å²) < 4.78 is 53.1. The highest BCUT2D eigenvalue weighted by Crippen LogP contribution is 2.30. The zero-order chi connectivity index (χ0) is 49.7. The topological polar surface area (TPSA) is 233 Å². The molecule has 7 heterocycles. The first-order valence-electron chi connectivity index (χ1n) is 23.1. The summed E-state index contributed by atoms with van der Waals surface area (Å²) in [6.07, 6.45) is 12.3. The van der Waals surface area contributed by atoms with Crippen LogP contribution in [-0.2, 0) is 47.1 Å². The Morgan fingerprint density at radius 3 is 1.42 bits per heavy atom. The lowest BCUT2D eigenvalue weighted by molar-refractivity contribution is -0.132. The highest BCUT2D eigenvalue weighted by atomic mass is 32.2. The predicted molar refractivity (Wildman–Crippen MR) is 252 cm³/mol. The van der Waals surface area contributed by atoms with E-state index in [2.05, 4.69) is 57.2 Å². The normalized spacial score (nSPS) is 20.6. The van der Waals surface area contributed by atoms with Gasteiger partial charge in [-0.05, 0) is 88.2 Å². The van der Waals surface area contributed by atoms with E-state index >= 15 is 0 Å². The van der Waals surface area contributed by atoms with Crippen molar-refractivity contribution in [3.8, 4) is 47.4 Å². The van der Waals surface area contributed by atoms with Crippen LogP contribution in [-0.4, -0.2) is 166 Å². The standard InChI is InChI=1S/C24H30N4O6S.C24H30N4O5S/c1-24(22(29)25-31,35(2,32)33)9-10-26-17-21-13-18(16-28(21)23(26)30)5-3-4-6-19-14-27(15-19)20-7-11-34-12-8-20;1-24(22(29)25-31,34(2,32)33)11-12-26-17-21-13-18(16-28(21)23(26)30)7-3-4-8-19-14-27(15-19)20-9-5-6-10-20/h13,16,19-20,31H,7-12,14-15,17H2,1-2H3,(H,25,29);13,16,19-20,31H,5-6,9-12,14-15,17H2,1-2H3,(H,25,29)/t;24-/m.1/s1. The molecule has 4 fully saturated rings. The van der Waals surface area contributed by atoms with Gasteiger partial charge in [-0.15, -0.1) is 0 Å². The summed E-state index contributed by atoms with van der Waals surface area (Å²) in [5.74, 6) is 22.7. The van der Waals surface area contributed by atoms with Crippen LogP contribution in [0.3, 0.4) is 0 Å². The lowest BCUT2D eigenvalue weighted by Gasteiger charge is -2.43. The second-order valence-corrected chi connectivity index (χ2v) is 24.0. The molecule has 2 atom stereocenters. The largest absolute Gasteiger partial charge is 0.381 e. The van der Waals surface area contributed by atoms with Crippen LogP contribution in [0, 0.1) is 59.2 Å². The smallest absolute Gasteiger partial charge is 0.328 e. The van der Waals surface area contributed by atoms with Gasteiger partial charge in [0.25, 0.3) is 11.8 Å². The predicted octanol–water partition coefficient (Wildman–Crippen LogP) is 1.64. The fraction of sp³-hybridized carbons (Fsp3) is 0.583. The van der Waals surface area contributed by atoms with E-state index in [0.29, 0.717) is 29.0 Å². The molecule has 3 saturated heterocycles. The third kappa shape index (κ3) is 11.4. The minimum absolute atomic E-state index is 0.0380. The van der Waals surface area contributed by atoms with Crippen molar-refractivity contribution < 1.29 is 51.2 Å². The molecular weight excluding hydrogens is 929 g/mol. The van der Waals surface area contributed by atoms with Crippen LogP contribution in [0.1, 0.15) is 87.7 Å². The summed E-state index contributed by atoms with van der Waals surface area (Å²) in [6.45, 7) is 8.80. The molecule has 0 spiro atoms. The van der Waals surface area contributed by atoms with E-state index in [1.807, 2.05) is 6.07 Å². The van der Waals surface area contributed by atoms with Gasteiger partial charge in [0.1, 0.15) is 0 Å². The van der Waals surface area contributed by atoms with Crippen LogP contribution >= 0.6 is 0 Å². The molecular formula is C48H60N8O11S2. The van der Waals surface area contributed by atoms with Crippen molar-refractivity contribution in [1.82, 2.24) is 39.7 Å². The lowest BCUT2D eigenvalue weighted by Crippen LogP contribution is -2.53. The number of ether oxygens (including phenoxy) is 1. The molecule has 0 bridgehead atoms. The average molecular weight is 989 g/mol. The number of fused-ring (bicyclic) bond motifs is 2. The molecule has 0 aromatic carbocycles. The number of hydroxylamine groups is 2. The van der Waals surface area contributed by atoms with Gasteiger partial charge in [-0.2, -0.15) is 0 Å². The molecule has 4 N–H and O–H groups in total. The number of hydrogen-bond acceptors (Lipinski definition) is 13. The van der Waals surface area contributed by atoms with Crippen LogP contribution < -0.4 is 11.0 Å². The molecule has 6 aliphatic rings. The van der Waals surface area contributed by atoms with Gasteiger partial charge in [-0.25, -0.2) is 37.4 Å². The Labute approximate surface area is 404 Å². The minimum Gasteiger partial charge on any atom is -0.381 e. The van der Waals surface area contributed by atoms with Crippen molar-refractivity contribution >= 4 is 43.6 Å². The third-order valence-corrected chi connectivity index (χ3v) is 18.5. The summed E-state index contributed by atoms with van der Waals surface area (Å²) in [6, 6.07) is 4.35. The molecule has 2 aromatic heterocycles. The van der Waals surface area contributed by atoms with Crippen molar-refractivity contribution in [2.45, 2.75) is 99.9 Å². The Hall–Kier alpha value is -5.62. The fourth-order valence-corrected chi connectivity index (χ4v) is 11.1. The third-order valence-electron chi connectivity index (χ3n) is 14.4. The maximum atomic E-state index is 12.7. The monoisotopic (exact) mass is 988 g/mol. The number of carbonyl (C=O) groups is 4. The number of sulfone groups is 2. The van der Waals surface area contributed by atoms with E-state index in [9.17, 15) is 36.0 Å². The second-order valence-electron chi connectivity index (χ2n) is 19.1. The van der Waals surface area contributed by atoms with Crippen molar-refractivity contribution in [2.75, 3.05) is 65.0 Å². The zero-order valence-corrected chi connectivity index (χ0v) is 41.0. The Kier molecular flexibility index (Phi) is 15.7. The first kappa shape index (κ1) is 51.2. The second kappa shape index (κ2) is 21.2. The summed E-state index contributed by atoms with van der Waals surface area (Å²) in [5.41, 5.74) is 5.67. The van der Waals surface area contributed by atoms with Crippen molar-refractivity contribution in [3.05, 3.63) is 47.0 Å². The van der Waals surface area contributed by atoms with Gasteiger partial charge in [-0.1, -0.05) is 36.5 Å². The maximum absolute atomic E-state index is 12.7. The molecule has 1 saturated carbocycles. The van der Waals surface area contributed by atoms with Crippen LogP contribution in [0.25, 0.3) is 0 Å². The molecule has 1 aliphatic carbocycles. The molecule has 8 rings (SSSR count). The molecule has 2 aromatic rings. The Balaban J connectivity index is 0.000000204. The zero-order valence-electron chi connectivity index (χ0n) is 39.4. The molecule has 370 valence electrons. The Morgan fingerprint density at radius 2 is 1.06 bits per heavy atom. The SMILES string of the molecule is CC(CCN1Cc2cc(C#CC#CC3CN(C4CCOCC4)C3)cn2C1=O)(C(=O)NO)S(C)(=O)=O.C[C@@](CCN1Cc2cc(C#CC#CC3CN(C4CCCC4)C3)cn2C1=O)(C(=O)NO)S(C)(=O)=O. The Morgan fingerprint density at radius 1 is 0.667 bits per heavy atom. The summed E-state index contributed by atoms with van der Waals surface area (Å²) in [5, 5.41) is 17.9. The van der Waals surface area contributed by atoms with Gasteiger partial charge in [0.05, 0.1) is 13.1 Å². The van der Waals surface area contributed by atoms with Gasteiger partial charge < -0.3 is 14.5 Å². The molecule has 19 nitrogen and oxygen atoms in total. The highest BCUT2D eigenvalue weighted by molar-refractivity contribution is 7.93. The molecule has 0 radical (unpaired) electrons. The molecule has 69 heavy (non-hydrogen) atoms. The van der Waals surface area contributed by atoms with E-state index in [4.69, 9.17) is 15.2 Å². The first-order valence-corrected chi connectivity index (χ1v) is 26.9. The number of nitrogens with one attached hydrogen (secondary N) is 2. The molecule has 21 heteroatoms. The van der Waals surface area contributed by atoms with Crippen molar-refractivity contribution in [1.29, 1.82) is 0 Å². The van der Waals surface area contributed by atoms with Crippen LogP contribution in [0.15, 0.2) is 24.5 Å². The van der Waals surface area contributed by atoms with E-state index in [-0.39, 0.29) is 51.1 Å². The summed E-state index contributed by atoms with van der Waals surface area (Å²) in [7, 11) is -7.65. The lowest BCUT2D eigenvalue weighted by atomic mass is 9.95. The summed E-state index contributed by atoms with van der Waals surface area (Å²) in [4.78, 5) is 57.3. The highest BCUT2D eigenvalue weighted by Gasteiger charge is 2.46. The van der Waals surface area contributed by atoms with E-state index < -0.39 is 41.0 Å². The molecule has 4 amide bonds. The number of likely N-dealkylation sites (tertiary alicyclic amines) is 2. The molecule has 1 unspecified atom stereocenters. The van der Waals surface area contributed by atoms with Gasteiger partial charge in [0.15, 0.2) is 29.2 Å². The van der Waals surface area contributed by atoms with Gasteiger partial charge in [0, 0.05) is 124 Å². The average Bonchev–Trinajstić information content (AvgIpc) is 4.13. The number of amides is 4.